The van der Waals surface area contributed by atoms with E-state index in [4.69, 9.17) is 23.8 Å². The minimum absolute atomic E-state index is 0.00424. The van der Waals surface area contributed by atoms with Gasteiger partial charge in [0.15, 0.2) is 5.11 Å². The molecule has 1 atom stereocenters. The van der Waals surface area contributed by atoms with E-state index in [0.717, 1.165) is 0 Å². The minimum atomic E-state index is -0.498. The maximum atomic E-state index is 13.0. The molecule has 0 aliphatic heterocycles. The summed E-state index contributed by atoms with van der Waals surface area (Å²) in [6.45, 7) is 4.08. The van der Waals surface area contributed by atoms with Crippen molar-refractivity contribution < 1.29 is 9.18 Å². The van der Waals surface area contributed by atoms with Gasteiger partial charge in [-0.3, -0.25) is 4.79 Å². The summed E-state index contributed by atoms with van der Waals surface area (Å²) in [4.78, 5) is 11.5. The number of nitrogens with one attached hydrogen (secondary N) is 3. The van der Waals surface area contributed by atoms with Crippen LogP contribution in [-0.4, -0.2) is 23.6 Å². The fourth-order valence-corrected chi connectivity index (χ4v) is 1.81. The van der Waals surface area contributed by atoms with E-state index in [-0.39, 0.29) is 16.0 Å². The zero-order chi connectivity index (χ0) is 14.4. The number of hydrogen-bond donors (Lipinski definition) is 3. The lowest BCUT2D eigenvalue weighted by Gasteiger charge is -2.16. The highest BCUT2D eigenvalue weighted by molar-refractivity contribution is 7.80. The highest BCUT2D eigenvalue weighted by atomic mass is 35.5. The van der Waals surface area contributed by atoms with E-state index >= 15 is 0 Å². The molecule has 0 aliphatic carbocycles. The zero-order valence-corrected chi connectivity index (χ0v) is 12.2. The Morgan fingerprint density at radius 2 is 2.21 bits per heavy atom. The molecule has 1 rings (SSSR count). The van der Waals surface area contributed by atoms with Crippen LogP contribution in [0.25, 0.3) is 0 Å². The Hall–Kier alpha value is -1.40. The highest BCUT2D eigenvalue weighted by Crippen LogP contribution is 2.19. The first kappa shape index (κ1) is 15.7. The molecule has 0 radical (unpaired) electrons. The molecule has 1 aromatic carbocycles. The Bertz CT molecular complexity index is 484. The van der Waals surface area contributed by atoms with Gasteiger partial charge in [-0.2, -0.15) is 0 Å². The van der Waals surface area contributed by atoms with Crippen LogP contribution in [0.15, 0.2) is 18.2 Å². The van der Waals surface area contributed by atoms with Crippen LogP contribution in [0.2, 0.25) is 5.02 Å². The van der Waals surface area contributed by atoms with Crippen LogP contribution in [0.5, 0.6) is 0 Å². The number of thiocarbonyl (C=S) groups is 1. The molecule has 4 nitrogen and oxygen atoms in total. The Kier molecular flexibility index (Phi) is 5.98. The van der Waals surface area contributed by atoms with Crippen LogP contribution in [0.3, 0.4) is 0 Å². The van der Waals surface area contributed by atoms with Crippen molar-refractivity contribution in [3.8, 4) is 0 Å². The molecule has 7 heteroatoms. The predicted molar refractivity (Wildman–Crippen MR) is 78.9 cm³/mol. The largest absolute Gasteiger partial charge is 0.355 e. The number of amides is 1. The lowest BCUT2D eigenvalue weighted by molar-refractivity contribution is -0.122. The van der Waals surface area contributed by atoms with Crippen LogP contribution >= 0.6 is 23.8 Å². The summed E-state index contributed by atoms with van der Waals surface area (Å²) in [5.74, 6) is -0.648. The van der Waals surface area contributed by atoms with Crippen molar-refractivity contribution in [1.29, 1.82) is 0 Å². The molecule has 0 spiro atoms. The third kappa shape index (κ3) is 5.00. The standard InChI is InChI=1S/C12H15ClFN3OS/c1-3-15-11(18)7(2)16-12(19)17-8-4-5-10(14)9(13)6-8/h4-7H,3H2,1-2H3,(H,15,18)(H2,16,17,19)/t7-/m0/s1. The topological polar surface area (TPSA) is 53.2 Å². The van der Waals surface area contributed by atoms with E-state index in [1.54, 1.807) is 6.92 Å². The van der Waals surface area contributed by atoms with Crippen molar-refractivity contribution in [2.75, 3.05) is 11.9 Å². The third-order valence-electron chi connectivity index (χ3n) is 2.27. The molecule has 0 bridgehead atoms. The van der Waals surface area contributed by atoms with Crippen molar-refractivity contribution in [1.82, 2.24) is 10.6 Å². The summed E-state index contributed by atoms with van der Waals surface area (Å²) in [5, 5.41) is 8.59. The quantitative estimate of drug-likeness (QED) is 0.747. The minimum Gasteiger partial charge on any atom is -0.355 e. The van der Waals surface area contributed by atoms with Crippen molar-refractivity contribution >= 4 is 40.5 Å². The monoisotopic (exact) mass is 303 g/mol. The lowest BCUT2D eigenvalue weighted by Crippen LogP contribution is -2.46. The van der Waals surface area contributed by atoms with Gasteiger partial charge in [-0.1, -0.05) is 11.6 Å². The molecule has 0 saturated heterocycles. The van der Waals surface area contributed by atoms with Gasteiger partial charge in [0, 0.05) is 12.2 Å². The molecule has 0 aliphatic rings. The number of rotatable bonds is 4. The molecule has 104 valence electrons. The van der Waals surface area contributed by atoms with E-state index in [1.165, 1.54) is 18.2 Å². The molecule has 0 unspecified atom stereocenters. The van der Waals surface area contributed by atoms with E-state index in [9.17, 15) is 9.18 Å². The van der Waals surface area contributed by atoms with Gasteiger partial charge in [0.25, 0.3) is 0 Å². The SMILES string of the molecule is CCNC(=O)[C@H](C)NC(=S)Nc1ccc(F)c(Cl)c1. The van der Waals surface area contributed by atoms with Gasteiger partial charge >= 0.3 is 0 Å². The molecule has 0 fully saturated rings. The number of likely N-dealkylation sites (N-methyl/N-ethyl adjacent to an activating group) is 1. The second kappa shape index (κ2) is 7.25. The normalized spacial score (nSPS) is 11.6. The molecule has 1 aromatic rings. The van der Waals surface area contributed by atoms with Gasteiger partial charge in [-0.05, 0) is 44.3 Å². The summed E-state index contributed by atoms with van der Waals surface area (Å²) >= 11 is 10.7. The van der Waals surface area contributed by atoms with Crippen LogP contribution in [-0.2, 0) is 4.79 Å². The van der Waals surface area contributed by atoms with Gasteiger partial charge in [0.05, 0.1) is 5.02 Å². The summed E-state index contributed by atoms with van der Waals surface area (Å²) in [6, 6.07) is 3.70. The van der Waals surface area contributed by atoms with Gasteiger partial charge < -0.3 is 16.0 Å². The number of anilines is 1. The lowest BCUT2D eigenvalue weighted by atomic mass is 10.3. The molecule has 1 amide bonds. The molecule has 19 heavy (non-hydrogen) atoms. The molecule has 3 N–H and O–H groups in total. The van der Waals surface area contributed by atoms with Crippen LogP contribution < -0.4 is 16.0 Å². The first-order valence-corrected chi connectivity index (χ1v) is 6.53. The summed E-state index contributed by atoms with van der Waals surface area (Å²) in [5.41, 5.74) is 0.548. The van der Waals surface area contributed by atoms with Gasteiger partial charge in [0.2, 0.25) is 5.91 Å². The van der Waals surface area contributed by atoms with Crippen LogP contribution in [0, 0.1) is 5.82 Å². The molecular weight excluding hydrogens is 289 g/mol. The van der Waals surface area contributed by atoms with Crippen molar-refractivity contribution in [2.45, 2.75) is 19.9 Å². The number of carbonyl (C=O) groups is 1. The second-order valence-electron chi connectivity index (χ2n) is 3.84. The van der Waals surface area contributed by atoms with Crippen molar-refractivity contribution in [3.05, 3.63) is 29.0 Å². The van der Waals surface area contributed by atoms with E-state index in [1.807, 2.05) is 6.92 Å². The fourth-order valence-electron chi connectivity index (χ4n) is 1.33. The number of carbonyl (C=O) groups excluding carboxylic acids is 1. The van der Waals surface area contributed by atoms with Crippen molar-refractivity contribution in [3.63, 3.8) is 0 Å². The Balaban J connectivity index is 2.55. The average molecular weight is 304 g/mol. The maximum absolute atomic E-state index is 13.0. The summed E-state index contributed by atoms with van der Waals surface area (Å²) in [6.07, 6.45) is 0. The zero-order valence-electron chi connectivity index (χ0n) is 10.6. The van der Waals surface area contributed by atoms with E-state index in [0.29, 0.717) is 12.2 Å². The molecular formula is C12H15ClFN3OS. The van der Waals surface area contributed by atoms with E-state index < -0.39 is 11.9 Å². The average Bonchev–Trinajstić information content (AvgIpc) is 2.34. The first-order chi connectivity index (χ1) is 8.93. The van der Waals surface area contributed by atoms with Crippen LogP contribution in [0.1, 0.15) is 13.8 Å². The van der Waals surface area contributed by atoms with E-state index in [2.05, 4.69) is 16.0 Å². The van der Waals surface area contributed by atoms with Gasteiger partial charge in [-0.15, -0.1) is 0 Å². The molecule has 0 aromatic heterocycles. The highest BCUT2D eigenvalue weighted by Gasteiger charge is 2.12. The Labute approximate surface area is 121 Å². The molecule has 0 heterocycles. The number of benzene rings is 1. The van der Waals surface area contributed by atoms with Gasteiger partial charge in [0.1, 0.15) is 11.9 Å². The Morgan fingerprint density at radius 3 is 2.79 bits per heavy atom. The van der Waals surface area contributed by atoms with Gasteiger partial charge in [-0.25, -0.2) is 4.39 Å². The Morgan fingerprint density at radius 1 is 1.53 bits per heavy atom. The summed E-state index contributed by atoms with van der Waals surface area (Å²) in [7, 11) is 0. The molecule has 0 saturated carbocycles. The summed E-state index contributed by atoms with van der Waals surface area (Å²) < 4.78 is 13.0. The number of hydrogen-bond acceptors (Lipinski definition) is 2. The van der Waals surface area contributed by atoms with Crippen LogP contribution in [0.4, 0.5) is 10.1 Å². The first-order valence-electron chi connectivity index (χ1n) is 5.74. The second-order valence-corrected chi connectivity index (χ2v) is 4.66. The predicted octanol–water partition coefficient (Wildman–Crippen LogP) is 2.29. The fraction of sp³-hybridized carbons (Fsp3) is 0.333. The third-order valence-corrected chi connectivity index (χ3v) is 2.78. The van der Waals surface area contributed by atoms with Crippen molar-refractivity contribution in [2.24, 2.45) is 0 Å². The number of halogens is 2. The maximum Gasteiger partial charge on any atom is 0.242 e. The smallest absolute Gasteiger partial charge is 0.242 e.